The van der Waals surface area contributed by atoms with Gasteiger partial charge in [-0.3, -0.25) is 4.79 Å². The molecular formula is C14H12N2O3S2. The average molecular weight is 320 g/mol. The molecular weight excluding hydrogens is 308 g/mol. The number of carbonyl (C=O) groups is 2. The molecule has 0 radical (unpaired) electrons. The maximum absolute atomic E-state index is 12.2. The molecule has 3 heterocycles. The number of benzene rings is 1. The first-order valence-corrected chi connectivity index (χ1v) is 8.49. The molecule has 0 saturated carbocycles. The molecule has 2 unspecified atom stereocenters. The summed E-state index contributed by atoms with van der Waals surface area (Å²) in [5, 5.41) is 0. The lowest BCUT2D eigenvalue weighted by Gasteiger charge is -2.25. The first kappa shape index (κ1) is 13.1. The molecule has 1 amide bonds. The van der Waals surface area contributed by atoms with Gasteiger partial charge in [0.05, 0.1) is 22.5 Å². The Morgan fingerprint density at radius 2 is 2.33 bits per heavy atom. The largest absolute Gasteiger partial charge is 0.459 e. The summed E-state index contributed by atoms with van der Waals surface area (Å²) < 4.78 is 7.10. The number of thiazole rings is 1. The molecule has 0 aliphatic carbocycles. The second-order valence-corrected chi connectivity index (χ2v) is 7.35. The molecule has 2 atom stereocenters. The number of likely N-dealkylation sites (tertiary alicyclic amines) is 1. The third kappa shape index (κ3) is 2.30. The van der Waals surface area contributed by atoms with Gasteiger partial charge < -0.3 is 9.64 Å². The van der Waals surface area contributed by atoms with E-state index in [0.717, 1.165) is 14.6 Å². The summed E-state index contributed by atoms with van der Waals surface area (Å²) >= 11 is 3.02. The third-order valence-electron chi connectivity index (χ3n) is 3.73. The summed E-state index contributed by atoms with van der Waals surface area (Å²) in [6.45, 7) is 0.537. The van der Waals surface area contributed by atoms with Gasteiger partial charge in [0.25, 0.3) is 0 Å². The Labute approximate surface area is 129 Å². The second kappa shape index (κ2) is 4.99. The topological polar surface area (TPSA) is 59.5 Å². The number of thioether (sulfide) groups is 1. The van der Waals surface area contributed by atoms with E-state index in [4.69, 9.17) is 4.74 Å². The fraction of sp³-hybridized carbons (Fsp3) is 0.357. The van der Waals surface area contributed by atoms with E-state index in [2.05, 4.69) is 4.98 Å². The first-order valence-electron chi connectivity index (χ1n) is 6.69. The van der Waals surface area contributed by atoms with Crippen molar-refractivity contribution in [3.63, 3.8) is 0 Å². The number of morpholine rings is 1. The van der Waals surface area contributed by atoms with Crippen LogP contribution in [0.4, 0.5) is 0 Å². The number of para-hydroxylation sites is 1. The van der Waals surface area contributed by atoms with Gasteiger partial charge in [0.1, 0.15) is 12.1 Å². The van der Waals surface area contributed by atoms with Crippen LogP contribution in [0, 0.1) is 0 Å². The van der Waals surface area contributed by atoms with Crippen LogP contribution < -0.4 is 0 Å². The first-order chi connectivity index (χ1) is 10.2. The normalized spacial score (nSPS) is 23.8. The van der Waals surface area contributed by atoms with Crippen molar-refractivity contribution in [3.05, 3.63) is 24.3 Å². The van der Waals surface area contributed by atoms with E-state index in [0.29, 0.717) is 18.7 Å². The monoisotopic (exact) mass is 320 g/mol. The number of nitrogens with zero attached hydrogens (tertiary/aromatic N) is 2. The van der Waals surface area contributed by atoms with Crippen molar-refractivity contribution in [1.29, 1.82) is 0 Å². The maximum Gasteiger partial charge on any atom is 0.329 e. The van der Waals surface area contributed by atoms with Crippen LogP contribution in [0.25, 0.3) is 10.2 Å². The Kier molecular flexibility index (Phi) is 3.11. The zero-order chi connectivity index (χ0) is 14.4. The molecule has 108 valence electrons. The zero-order valence-corrected chi connectivity index (χ0v) is 12.7. The summed E-state index contributed by atoms with van der Waals surface area (Å²) in [4.78, 5) is 29.9. The number of amides is 1. The SMILES string of the molecule is O=C1OC2CC1N(C(=O)CSc1nc3ccccc3s1)C2. The number of ether oxygens (including phenoxy) is 1. The molecule has 2 aromatic rings. The second-order valence-electron chi connectivity index (χ2n) is 5.09. The van der Waals surface area contributed by atoms with E-state index in [-0.39, 0.29) is 24.0 Å². The van der Waals surface area contributed by atoms with E-state index in [1.165, 1.54) is 11.8 Å². The number of rotatable bonds is 3. The average Bonchev–Trinajstić information content (AvgIpc) is 3.16. The molecule has 2 aliphatic heterocycles. The standard InChI is InChI=1S/C14H12N2O3S2/c17-12(16-6-8-5-10(16)13(18)19-8)7-20-14-15-9-3-1-2-4-11(9)21-14/h1-4,8,10H,5-7H2. The molecule has 0 N–H and O–H groups in total. The Hall–Kier alpha value is -1.60. The smallest absolute Gasteiger partial charge is 0.329 e. The summed E-state index contributed by atoms with van der Waals surface area (Å²) in [7, 11) is 0. The molecule has 1 aromatic carbocycles. The summed E-state index contributed by atoms with van der Waals surface area (Å²) in [6.07, 6.45) is 0.551. The maximum atomic E-state index is 12.2. The summed E-state index contributed by atoms with van der Waals surface area (Å²) in [6, 6.07) is 7.56. The van der Waals surface area contributed by atoms with Crippen molar-refractivity contribution < 1.29 is 14.3 Å². The van der Waals surface area contributed by atoms with E-state index >= 15 is 0 Å². The van der Waals surface area contributed by atoms with Crippen LogP contribution >= 0.6 is 23.1 Å². The number of esters is 1. The predicted molar refractivity (Wildman–Crippen MR) is 80.3 cm³/mol. The molecule has 2 bridgehead atoms. The Morgan fingerprint density at radius 3 is 3.10 bits per heavy atom. The van der Waals surface area contributed by atoms with E-state index in [9.17, 15) is 9.59 Å². The minimum absolute atomic E-state index is 0.0107. The zero-order valence-electron chi connectivity index (χ0n) is 11.0. The van der Waals surface area contributed by atoms with Crippen LogP contribution in [-0.2, 0) is 14.3 Å². The lowest BCUT2D eigenvalue weighted by atomic mass is 10.2. The highest BCUT2D eigenvalue weighted by Crippen LogP contribution is 2.32. The lowest BCUT2D eigenvalue weighted by Crippen LogP contribution is -2.45. The van der Waals surface area contributed by atoms with E-state index < -0.39 is 0 Å². The van der Waals surface area contributed by atoms with E-state index in [1.54, 1.807) is 16.2 Å². The van der Waals surface area contributed by atoms with Crippen LogP contribution in [0.3, 0.4) is 0 Å². The molecule has 21 heavy (non-hydrogen) atoms. The minimum atomic E-state index is -0.363. The fourth-order valence-electron chi connectivity index (χ4n) is 2.74. The van der Waals surface area contributed by atoms with Gasteiger partial charge in [-0.15, -0.1) is 11.3 Å². The minimum Gasteiger partial charge on any atom is -0.459 e. The number of fused-ring (bicyclic) bond motifs is 3. The molecule has 2 saturated heterocycles. The Morgan fingerprint density at radius 1 is 1.48 bits per heavy atom. The predicted octanol–water partition coefficient (Wildman–Crippen LogP) is 1.91. The van der Waals surface area contributed by atoms with Gasteiger partial charge in [-0.05, 0) is 12.1 Å². The fourth-order valence-corrected chi connectivity index (χ4v) is 4.70. The lowest BCUT2D eigenvalue weighted by molar-refractivity contribution is -0.156. The van der Waals surface area contributed by atoms with Crippen molar-refractivity contribution in [2.75, 3.05) is 12.3 Å². The van der Waals surface area contributed by atoms with Gasteiger partial charge in [-0.2, -0.15) is 0 Å². The van der Waals surface area contributed by atoms with Crippen LogP contribution in [0.5, 0.6) is 0 Å². The van der Waals surface area contributed by atoms with Crippen molar-refractivity contribution in [2.24, 2.45) is 0 Å². The number of carbonyl (C=O) groups excluding carboxylic acids is 2. The third-order valence-corrected chi connectivity index (χ3v) is 5.90. The quantitative estimate of drug-likeness (QED) is 0.639. The van der Waals surface area contributed by atoms with Gasteiger partial charge in [-0.25, -0.2) is 9.78 Å². The van der Waals surface area contributed by atoms with E-state index in [1.807, 2.05) is 24.3 Å². The highest BCUT2D eigenvalue weighted by molar-refractivity contribution is 8.01. The number of hydrogen-bond acceptors (Lipinski definition) is 6. The summed E-state index contributed by atoms with van der Waals surface area (Å²) in [5.41, 5.74) is 0.959. The van der Waals surface area contributed by atoms with Crippen LogP contribution in [0.2, 0.25) is 0 Å². The van der Waals surface area contributed by atoms with Crippen LogP contribution in [-0.4, -0.2) is 46.2 Å². The summed E-state index contributed by atoms with van der Waals surface area (Å²) in [5.74, 6) is 0.0454. The van der Waals surface area contributed by atoms with Gasteiger partial charge >= 0.3 is 5.97 Å². The van der Waals surface area contributed by atoms with Crippen LogP contribution in [0.15, 0.2) is 28.6 Å². The molecule has 5 nitrogen and oxygen atoms in total. The molecule has 4 rings (SSSR count). The molecule has 2 fully saturated rings. The van der Waals surface area contributed by atoms with Gasteiger partial charge in [0.15, 0.2) is 4.34 Å². The highest BCUT2D eigenvalue weighted by Gasteiger charge is 2.48. The molecule has 1 aromatic heterocycles. The molecule has 7 heteroatoms. The highest BCUT2D eigenvalue weighted by atomic mass is 32.2. The van der Waals surface area contributed by atoms with Gasteiger partial charge in [-0.1, -0.05) is 23.9 Å². The Balaban J connectivity index is 1.42. The van der Waals surface area contributed by atoms with Gasteiger partial charge in [0.2, 0.25) is 5.91 Å². The van der Waals surface area contributed by atoms with Crippen molar-refractivity contribution >= 4 is 45.2 Å². The Bertz CT molecular complexity index is 697. The van der Waals surface area contributed by atoms with Crippen molar-refractivity contribution in [1.82, 2.24) is 9.88 Å². The number of aromatic nitrogens is 1. The van der Waals surface area contributed by atoms with Crippen molar-refractivity contribution in [3.8, 4) is 0 Å². The van der Waals surface area contributed by atoms with Crippen molar-refractivity contribution in [2.45, 2.75) is 22.9 Å². The van der Waals surface area contributed by atoms with Crippen LogP contribution in [0.1, 0.15) is 6.42 Å². The molecule has 0 spiro atoms. The van der Waals surface area contributed by atoms with Gasteiger partial charge in [0, 0.05) is 6.42 Å². The number of hydrogen-bond donors (Lipinski definition) is 0. The molecule has 2 aliphatic rings.